The van der Waals surface area contributed by atoms with Crippen LogP contribution in [-0.4, -0.2) is 37.2 Å². The lowest BCUT2D eigenvalue weighted by molar-refractivity contribution is -0.114. The fraction of sp³-hybridized carbons (Fsp3) is 0.385. The van der Waals surface area contributed by atoms with Crippen LogP contribution in [0.4, 0.5) is 5.69 Å². The molecule has 0 aromatic heterocycles. The van der Waals surface area contributed by atoms with Crippen molar-refractivity contribution < 1.29 is 9.59 Å². The number of benzene rings is 1. The highest BCUT2D eigenvalue weighted by Gasteiger charge is 2.27. The molecule has 4 nitrogen and oxygen atoms in total. The molecule has 0 atom stereocenters. The molecule has 1 aromatic carbocycles. The van der Waals surface area contributed by atoms with Crippen LogP contribution in [0.1, 0.15) is 28.8 Å². The van der Waals surface area contributed by atoms with Crippen molar-refractivity contribution in [1.29, 1.82) is 0 Å². The van der Waals surface area contributed by atoms with Gasteiger partial charge in [0.05, 0.1) is 0 Å². The van der Waals surface area contributed by atoms with Crippen molar-refractivity contribution in [2.45, 2.75) is 12.8 Å². The summed E-state index contributed by atoms with van der Waals surface area (Å²) in [6.45, 7) is 3.46. The molecular weight excluding hydrogens is 216 g/mol. The monoisotopic (exact) mass is 232 g/mol. The lowest BCUT2D eigenvalue weighted by atomic mass is 9.90. The van der Waals surface area contributed by atoms with E-state index in [1.807, 2.05) is 6.07 Å². The number of nitrogens with one attached hydrogen (secondary N) is 1. The van der Waals surface area contributed by atoms with Crippen LogP contribution in [0.3, 0.4) is 0 Å². The first-order valence-electron chi connectivity index (χ1n) is 5.65. The van der Waals surface area contributed by atoms with Crippen LogP contribution in [0.25, 0.3) is 0 Å². The molecule has 1 aliphatic heterocycles. The molecule has 1 saturated heterocycles. The Morgan fingerprint density at radius 3 is 2.71 bits per heavy atom. The molecule has 0 aliphatic carbocycles. The van der Waals surface area contributed by atoms with E-state index in [1.54, 1.807) is 12.1 Å². The van der Waals surface area contributed by atoms with Crippen molar-refractivity contribution >= 4 is 17.9 Å². The number of likely N-dealkylation sites (N-methyl/N-ethyl adjacent to an activating group) is 1. The maximum absolute atomic E-state index is 11.1. The standard InChI is InChI=1S/C13H16N2O2/c1-9(17)14-13-5-10(8-16)3-4-12(13)11-6-15(2)7-11/h3-5,8,11H,6-7H2,1-2H3,(H,14,17). The number of nitrogens with zero attached hydrogens (tertiary/aromatic N) is 1. The maximum Gasteiger partial charge on any atom is 0.221 e. The van der Waals surface area contributed by atoms with Gasteiger partial charge in [-0.1, -0.05) is 12.1 Å². The minimum Gasteiger partial charge on any atom is -0.326 e. The van der Waals surface area contributed by atoms with E-state index in [4.69, 9.17) is 0 Å². The highest BCUT2D eigenvalue weighted by molar-refractivity contribution is 5.91. The number of aldehydes is 1. The Balaban J connectivity index is 2.29. The van der Waals surface area contributed by atoms with Crippen LogP contribution in [-0.2, 0) is 4.79 Å². The van der Waals surface area contributed by atoms with Gasteiger partial charge >= 0.3 is 0 Å². The summed E-state index contributed by atoms with van der Waals surface area (Å²) < 4.78 is 0. The van der Waals surface area contributed by atoms with Crippen LogP contribution in [0.2, 0.25) is 0 Å². The summed E-state index contributed by atoms with van der Waals surface area (Å²) in [5.41, 5.74) is 2.47. The average molecular weight is 232 g/mol. The zero-order valence-corrected chi connectivity index (χ0v) is 10.1. The molecule has 0 radical (unpaired) electrons. The molecule has 1 heterocycles. The van der Waals surface area contributed by atoms with Crippen molar-refractivity contribution in [1.82, 2.24) is 4.90 Å². The predicted molar refractivity (Wildman–Crippen MR) is 66.4 cm³/mol. The molecule has 2 rings (SSSR count). The number of rotatable bonds is 3. The molecule has 1 N–H and O–H groups in total. The van der Waals surface area contributed by atoms with Crippen molar-refractivity contribution in [2.75, 3.05) is 25.5 Å². The van der Waals surface area contributed by atoms with Gasteiger partial charge in [0, 0.05) is 37.2 Å². The van der Waals surface area contributed by atoms with Gasteiger partial charge in [-0.3, -0.25) is 9.59 Å². The van der Waals surface area contributed by atoms with Crippen molar-refractivity contribution in [3.05, 3.63) is 29.3 Å². The van der Waals surface area contributed by atoms with E-state index in [0.29, 0.717) is 11.5 Å². The van der Waals surface area contributed by atoms with Gasteiger partial charge in [0.15, 0.2) is 0 Å². The van der Waals surface area contributed by atoms with Gasteiger partial charge in [-0.2, -0.15) is 0 Å². The number of amides is 1. The first-order valence-corrected chi connectivity index (χ1v) is 5.65. The largest absolute Gasteiger partial charge is 0.326 e. The van der Waals surface area contributed by atoms with Gasteiger partial charge in [0.2, 0.25) is 5.91 Å². The highest BCUT2D eigenvalue weighted by Crippen LogP contribution is 2.31. The molecule has 4 heteroatoms. The second kappa shape index (κ2) is 4.67. The van der Waals surface area contributed by atoms with Gasteiger partial charge in [-0.25, -0.2) is 0 Å². The van der Waals surface area contributed by atoms with Crippen LogP contribution < -0.4 is 5.32 Å². The molecule has 0 saturated carbocycles. The van der Waals surface area contributed by atoms with E-state index in [-0.39, 0.29) is 5.91 Å². The second-order valence-corrected chi connectivity index (χ2v) is 4.56. The van der Waals surface area contributed by atoms with E-state index in [0.717, 1.165) is 30.6 Å². The summed E-state index contributed by atoms with van der Waals surface area (Å²) in [6, 6.07) is 5.47. The quantitative estimate of drug-likeness (QED) is 0.803. The number of carbonyl (C=O) groups excluding carboxylic acids is 2. The van der Waals surface area contributed by atoms with Crippen molar-refractivity contribution in [3.63, 3.8) is 0 Å². The Hall–Kier alpha value is -1.68. The molecule has 1 amide bonds. The second-order valence-electron chi connectivity index (χ2n) is 4.56. The topological polar surface area (TPSA) is 49.4 Å². The van der Waals surface area contributed by atoms with Gasteiger partial charge < -0.3 is 10.2 Å². The fourth-order valence-electron chi connectivity index (χ4n) is 2.20. The summed E-state index contributed by atoms with van der Waals surface area (Å²) in [5.74, 6) is 0.338. The van der Waals surface area contributed by atoms with Crippen LogP contribution in [0.5, 0.6) is 0 Å². The van der Waals surface area contributed by atoms with Gasteiger partial charge in [-0.15, -0.1) is 0 Å². The molecule has 1 aliphatic rings. The molecule has 0 unspecified atom stereocenters. The maximum atomic E-state index is 11.1. The minimum atomic E-state index is -0.109. The predicted octanol–water partition coefficient (Wildman–Crippen LogP) is 1.49. The molecule has 90 valence electrons. The third-order valence-electron chi connectivity index (χ3n) is 3.03. The summed E-state index contributed by atoms with van der Waals surface area (Å²) in [7, 11) is 2.06. The normalized spacial score (nSPS) is 16.4. The highest BCUT2D eigenvalue weighted by atomic mass is 16.1. The molecule has 1 aromatic rings. The Morgan fingerprint density at radius 2 is 2.18 bits per heavy atom. The van der Waals surface area contributed by atoms with Gasteiger partial charge in [0.1, 0.15) is 6.29 Å². The molecule has 17 heavy (non-hydrogen) atoms. The number of hydrogen-bond acceptors (Lipinski definition) is 3. The van der Waals surface area contributed by atoms with Gasteiger partial charge in [-0.05, 0) is 18.7 Å². The number of hydrogen-bond donors (Lipinski definition) is 1. The fourth-order valence-corrected chi connectivity index (χ4v) is 2.20. The van der Waals surface area contributed by atoms with E-state index in [9.17, 15) is 9.59 Å². The van der Waals surface area contributed by atoms with Crippen LogP contribution >= 0.6 is 0 Å². The lowest BCUT2D eigenvalue weighted by Crippen LogP contribution is -2.42. The molecule has 0 bridgehead atoms. The Labute approximate surface area is 101 Å². The molecule has 1 fully saturated rings. The van der Waals surface area contributed by atoms with Crippen LogP contribution in [0.15, 0.2) is 18.2 Å². The number of likely N-dealkylation sites (tertiary alicyclic amines) is 1. The lowest BCUT2D eigenvalue weighted by Gasteiger charge is -2.37. The smallest absolute Gasteiger partial charge is 0.221 e. The first-order chi connectivity index (χ1) is 8.10. The molecule has 0 spiro atoms. The van der Waals surface area contributed by atoms with E-state index >= 15 is 0 Å². The third kappa shape index (κ3) is 2.53. The van der Waals surface area contributed by atoms with Crippen LogP contribution in [0, 0.1) is 0 Å². The van der Waals surface area contributed by atoms with E-state index in [1.165, 1.54) is 6.92 Å². The average Bonchev–Trinajstić information content (AvgIpc) is 2.24. The zero-order chi connectivity index (χ0) is 12.4. The summed E-state index contributed by atoms with van der Waals surface area (Å²) in [4.78, 5) is 24.1. The molecular formula is C13H16N2O2. The van der Waals surface area contributed by atoms with Crippen molar-refractivity contribution in [3.8, 4) is 0 Å². The minimum absolute atomic E-state index is 0.109. The third-order valence-corrected chi connectivity index (χ3v) is 3.03. The summed E-state index contributed by atoms with van der Waals surface area (Å²) >= 11 is 0. The Kier molecular flexibility index (Phi) is 3.24. The van der Waals surface area contributed by atoms with E-state index in [2.05, 4.69) is 17.3 Å². The summed E-state index contributed by atoms with van der Waals surface area (Å²) in [6.07, 6.45) is 0.794. The Bertz CT molecular complexity index is 451. The number of anilines is 1. The zero-order valence-electron chi connectivity index (χ0n) is 10.1. The first kappa shape index (κ1) is 11.8. The SMILES string of the molecule is CC(=O)Nc1cc(C=O)ccc1C1CN(C)C1. The Morgan fingerprint density at radius 1 is 1.47 bits per heavy atom. The summed E-state index contributed by atoms with van der Waals surface area (Å²) in [5, 5.41) is 2.80. The number of carbonyl (C=O) groups is 2. The van der Waals surface area contributed by atoms with Crippen molar-refractivity contribution in [2.24, 2.45) is 0 Å². The van der Waals surface area contributed by atoms with E-state index < -0.39 is 0 Å². The van der Waals surface area contributed by atoms with Gasteiger partial charge in [0.25, 0.3) is 0 Å².